The first-order valence-electron chi connectivity index (χ1n) is 7.04. The lowest BCUT2D eigenvalue weighted by atomic mass is 9.89. The van der Waals surface area contributed by atoms with Crippen molar-refractivity contribution in [3.8, 4) is 0 Å². The molecule has 1 saturated carbocycles. The highest BCUT2D eigenvalue weighted by Gasteiger charge is 2.37. The van der Waals surface area contributed by atoms with Gasteiger partial charge in [-0.3, -0.25) is 4.79 Å². The molecule has 2 atom stereocenters. The fraction of sp³-hybridized carbons (Fsp3) is 0.533. The molecule has 1 aromatic carbocycles. The van der Waals surface area contributed by atoms with Crippen LogP contribution < -0.4 is 0 Å². The second-order valence-electron chi connectivity index (χ2n) is 5.38. The molecule has 0 bridgehead atoms. The van der Waals surface area contributed by atoms with Crippen LogP contribution in [0.15, 0.2) is 18.2 Å². The Bertz CT molecular complexity index is 519. The molecule has 5 heteroatoms. The van der Waals surface area contributed by atoms with Crippen LogP contribution in [0.1, 0.15) is 36.0 Å². The quantitative estimate of drug-likeness (QED) is 0.789. The van der Waals surface area contributed by atoms with Crippen LogP contribution in [0.4, 0.5) is 0 Å². The number of nitrogens with zero attached hydrogens (tertiary/aromatic N) is 1. The van der Waals surface area contributed by atoms with Gasteiger partial charge in [-0.05, 0) is 31.0 Å². The zero-order chi connectivity index (χ0) is 14.1. The number of morpholine rings is 1. The average Bonchev–Trinajstić information content (AvgIpc) is 2.46. The van der Waals surface area contributed by atoms with Gasteiger partial charge in [-0.25, -0.2) is 0 Å². The van der Waals surface area contributed by atoms with Crippen molar-refractivity contribution in [2.45, 2.75) is 37.8 Å². The Morgan fingerprint density at radius 2 is 2.05 bits per heavy atom. The summed E-state index contributed by atoms with van der Waals surface area (Å²) in [5, 5.41) is 0.963. The first-order chi connectivity index (χ1) is 9.66. The van der Waals surface area contributed by atoms with Crippen molar-refractivity contribution in [2.24, 2.45) is 0 Å². The average molecular weight is 314 g/mol. The van der Waals surface area contributed by atoms with Gasteiger partial charge >= 0.3 is 0 Å². The summed E-state index contributed by atoms with van der Waals surface area (Å²) < 4.78 is 5.80. The molecule has 1 heterocycles. The number of rotatable bonds is 1. The number of benzene rings is 1. The van der Waals surface area contributed by atoms with Gasteiger partial charge in [0.25, 0.3) is 5.91 Å². The normalized spacial score (nSPS) is 26.2. The van der Waals surface area contributed by atoms with Crippen LogP contribution >= 0.6 is 23.2 Å². The molecular weight excluding hydrogens is 297 g/mol. The van der Waals surface area contributed by atoms with Gasteiger partial charge in [0.1, 0.15) is 0 Å². The molecule has 0 aromatic heterocycles. The van der Waals surface area contributed by atoms with E-state index in [2.05, 4.69) is 0 Å². The van der Waals surface area contributed by atoms with E-state index in [9.17, 15) is 4.79 Å². The minimum atomic E-state index is -0.00753. The topological polar surface area (TPSA) is 29.5 Å². The maximum Gasteiger partial charge on any atom is 0.255 e. The predicted octanol–water partition coefficient (Wildman–Crippen LogP) is 3.78. The molecule has 2 aliphatic rings. The van der Waals surface area contributed by atoms with Crippen LogP contribution in [-0.4, -0.2) is 36.1 Å². The van der Waals surface area contributed by atoms with Crippen molar-refractivity contribution < 1.29 is 9.53 Å². The molecule has 1 aliphatic heterocycles. The van der Waals surface area contributed by atoms with E-state index in [1.54, 1.807) is 18.2 Å². The Morgan fingerprint density at radius 3 is 2.85 bits per heavy atom. The maximum absolute atomic E-state index is 12.7. The Morgan fingerprint density at radius 1 is 1.25 bits per heavy atom. The van der Waals surface area contributed by atoms with E-state index >= 15 is 0 Å². The van der Waals surface area contributed by atoms with Crippen molar-refractivity contribution in [1.82, 2.24) is 4.90 Å². The summed E-state index contributed by atoms with van der Waals surface area (Å²) in [4.78, 5) is 14.7. The van der Waals surface area contributed by atoms with E-state index in [4.69, 9.17) is 27.9 Å². The van der Waals surface area contributed by atoms with Gasteiger partial charge < -0.3 is 9.64 Å². The van der Waals surface area contributed by atoms with Crippen LogP contribution in [0.25, 0.3) is 0 Å². The highest BCUT2D eigenvalue weighted by atomic mass is 35.5. The molecule has 0 N–H and O–H groups in total. The molecular formula is C15H17Cl2NO2. The standard InChI is InChI=1S/C15H17Cl2NO2/c16-10-5-6-11(12(17)9-10)15(19)18-7-8-20-14-4-2-1-3-13(14)18/h5-6,9,13-14H,1-4,7-8H2. The van der Waals surface area contributed by atoms with Gasteiger partial charge in [0.2, 0.25) is 0 Å². The third kappa shape index (κ3) is 2.67. The third-order valence-corrected chi connectivity index (χ3v) is 4.70. The smallest absolute Gasteiger partial charge is 0.255 e. The Labute approximate surface area is 128 Å². The monoisotopic (exact) mass is 313 g/mol. The molecule has 20 heavy (non-hydrogen) atoms. The van der Waals surface area contributed by atoms with Gasteiger partial charge in [0.05, 0.1) is 29.3 Å². The summed E-state index contributed by atoms with van der Waals surface area (Å²) in [5.41, 5.74) is 0.530. The fourth-order valence-corrected chi connectivity index (χ4v) is 3.66. The molecule has 108 valence electrons. The lowest BCUT2D eigenvalue weighted by molar-refractivity contribution is -0.0752. The van der Waals surface area contributed by atoms with Gasteiger partial charge in [-0.2, -0.15) is 0 Å². The number of hydrogen-bond acceptors (Lipinski definition) is 2. The van der Waals surface area contributed by atoms with E-state index in [-0.39, 0.29) is 18.1 Å². The summed E-state index contributed by atoms with van der Waals surface area (Å²) in [7, 11) is 0. The van der Waals surface area contributed by atoms with E-state index in [0.717, 1.165) is 19.3 Å². The van der Waals surface area contributed by atoms with E-state index in [1.165, 1.54) is 6.42 Å². The molecule has 1 aromatic rings. The van der Waals surface area contributed by atoms with Crippen molar-refractivity contribution in [2.75, 3.05) is 13.2 Å². The number of carbonyl (C=O) groups excluding carboxylic acids is 1. The van der Waals surface area contributed by atoms with Crippen LogP contribution in [0.3, 0.4) is 0 Å². The van der Waals surface area contributed by atoms with E-state index in [1.807, 2.05) is 4.90 Å². The maximum atomic E-state index is 12.7. The second-order valence-corrected chi connectivity index (χ2v) is 6.23. The van der Waals surface area contributed by atoms with E-state index < -0.39 is 0 Å². The van der Waals surface area contributed by atoms with Crippen LogP contribution in [0.2, 0.25) is 10.0 Å². The zero-order valence-corrected chi connectivity index (χ0v) is 12.7. The number of fused-ring (bicyclic) bond motifs is 1. The van der Waals surface area contributed by atoms with Crippen molar-refractivity contribution in [3.05, 3.63) is 33.8 Å². The molecule has 0 radical (unpaired) electrons. The lowest BCUT2D eigenvalue weighted by Crippen LogP contribution is -2.54. The Balaban J connectivity index is 1.85. The van der Waals surface area contributed by atoms with Crippen molar-refractivity contribution in [1.29, 1.82) is 0 Å². The molecule has 3 rings (SSSR count). The first kappa shape index (κ1) is 14.2. The molecule has 0 spiro atoms. The lowest BCUT2D eigenvalue weighted by Gasteiger charge is -2.43. The molecule has 2 fully saturated rings. The van der Waals surface area contributed by atoms with Gasteiger partial charge in [-0.1, -0.05) is 36.0 Å². The number of halogens is 2. The van der Waals surface area contributed by atoms with Crippen LogP contribution in [-0.2, 0) is 4.74 Å². The van der Waals surface area contributed by atoms with Crippen LogP contribution in [0.5, 0.6) is 0 Å². The molecule has 1 saturated heterocycles. The van der Waals surface area contributed by atoms with Crippen molar-refractivity contribution >= 4 is 29.1 Å². The zero-order valence-electron chi connectivity index (χ0n) is 11.1. The number of ether oxygens (including phenoxy) is 1. The summed E-state index contributed by atoms with van der Waals surface area (Å²) in [6.07, 6.45) is 4.59. The van der Waals surface area contributed by atoms with Gasteiger partial charge in [0, 0.05) is 11.6 Å². The number of carbonyl (C=O) groups is 1. The third-order valence-electron chi connectivity index (χ3n) is 4.15. The fourth-order valence-electron chi connectivity index (χ4n) is 3.17. The van der Waals surface area contributed by atoms with Crippen LogP contribution in [0, 0.1) is 0 Å². The second kappa shape index (κ2) is 5.92. The number of hydrogen-bond donors (Lipinski definition) is 0. The highest BCUT2D eigenvalue weighted by Crippen LogP contribution is 2.31. The summed E-state index contributed by atoms with van der Waals surface area (Å²) in [6.45, 7) is 1.25. The summed E-state index contributed by atoms with van der Waals surface area (Å²) in [5.74, 6) is -0.00753. The van der Waals surface area contributed by atoms with Gasteiger partial charge in [0.15, 0.2) is 0 Å². The minimum absolute atomic E-state index is 0.00753. The molecule has 2 unspecified atom stereocenters. The van der Waals surface area contributed by atoms with Gasteiger partial charge in [-0.15, -0.1) is 0 Å². The van der Waals surface area contributed by atoms with Crippen molar-refractivity contribution in [3.63, 3.8) is 0 Å². The largest absolute Gasteiger partial charge is 0.374 e. The molecule has 1 amide bonds. The Kier molecular flexibility index (Phi) is 4.20. The molecule has 1 aliphatic carbocycles. The SMILES string of the molecule is O=C(c1ccc(Cl)cc1Cl)N1CCOC2CCCCC21. The first-order valence-corrected chi connectivity index (χ1v) is 7.80. The highest BCUT2D eigenvalue weighted by molar-refractivity contribution is 6.36. The number of amides is 1. The van der Waals surface area contributed by atoms with E-state index in [0.29, 0.717) is 28.8 Å². The minimum Gasteiger partial charge on any atom is -0.374 e. The molecule has 3 nitrogen and oxygen atoms in total. The Hall–Kier alpha value is -0.770. The summed E-state index contributed by atoms with van der Waals surface area (Å²) in [6, 6.07) is 5.23. The predicted molar refractivity (Wildman–Crippen MR) is 79.5 cm³/mol. The summed E-state index contributed by atoms with van der Waals surface area (Å²) >= 11 is 12.0.